The zero-order chi connectivity index (χ0) is 27.6. The van der Waals surface area contributed by atoms with Crippen LogP contribution in [0.3, 0.4) is 0 Å². The predicted molar refractivity (Wildman–Crippen MR) is 144 cm³/mol. The molecule has 11 heteroatoms. The van der Waals surface area contributed by atoms with Crippen molar-refractivity contribution in [2.45, 2.75) is 57.4 Å². The molecule has 208 valence electrons. The minimum atomic E-state index is -1.06. The van der Waals surface area contributed by atoms with Crippen LogP contribution in [0.2, 0.25) is 0 Å². The number of hydrogen-bond acceptors (Lipinski definition) is 8. The molecule has 1 N–H and O–H groups in total. The van der Waals surface area contributed by atoms with Gasteiger partial charge in [-0.15, -0.1) is 0 Å². The molecule has 0 aliphatic carbocycles. The van der Waals surface area contributed by atoms with Gasteiger partial charge >= 0.3 is 5.97 Å². The first kappa shape index (κ1) is 26.3. The van der Waals surface area contributed by atoms with Crippen molar-refractivity contribution in [3.63, 3.8) is 0 Å². The number of hydrogen-bond donors (Lipinski definition) is 1. The van der Waals surface area contributed by atoms with Gasteiger partial charge < -0.3 is 19.1 Å². The summed E-state index contributed by atoms with van der Waals surface area (Å²) >= 11 is 0. The van der Waals surface area contributed by atoms with Gasteiger partial charge in [-0.05, 0) is 63.5 Å². The third-order valence-electron chi connectivity index (χ3n) is 7.87. The summed E-state index contributed by atoms with van der Waals surface area (Å²) in [5.41, 5.74) is 2.69. The number of likely N-dealkylation sites (tertiary alicyclic amines) is 1. The van der Waals surface area contributed by atoms with Crippen LogP contribution in [0.15, 0.2) is 48.8 Å². The van der Waals surface area contributed by atoms with Crippen LogP contribution >= 0.6 is 0 Å². The Kier molecular flexibility index (Phi) is 7.40. The number of pyridine rings is 3. The lowest BCUT2D eigenvalue weighted by Gasteiger charge is -2.36. The van der Waals surface area contributed by atoms with E-state index >= 15 is 0 Å². The third-order valence-corrected chi connectivity index (χ3v) is 7.87. The summed E-state index contributed by atoms with van der Waals surface area (Å²) in [5, 5.41) is 9.47. The Bertz CT molecular complexity index is 1520. The molecule has 0 saturated carbocycles. The number of halogens is 1. The first-order chi connectivity index (χ1) is 19.5. The maximum Gasteiger partial charge on any atom is 0.354 e. The number of carboxylic acid groups (broad SMARTS) is 1. The molecule has 10 nitrogen and oxygen atoms in total. The predicted octanol–water partition coefficient (Wildman–Crippen LogP) is 4.37. The van der Waals surface area contributed by atoms with Crippen molar-refractivity contribution in [1.29, 1.82) is 0 Å². The minimum absolute atomic E-state index is 0.00724. The lowest BCUT2D eigenvalue weighted by atomic mass is 9.92. The molecule has 2 atom stereocenters. The Balaban J connectivity index is 1.14. The van der Waals surface area contributed by atoms with E-state index in [4.69, 9.17) is 19.4 Å². The number of carbonyl (C=O) groups is 1. The van der Waals surface area contributed by atoms with E-state index in [1.165, 1.54) is 12.3 Å². The minimum Gasteiger partial charge on any atom is -0.477 e. The molecule has 4 aromatic heterocycles. The van der Waals surface area contributed by atoms with Crippen LogP contribution in [0.1, 0.15) is 65.7 Å². The van der Waals surface area contributed by atoms with Crippen LogP contribution < -0.4 is 4.74 Å². The van der Waals surface area contributed by atoms with Crippen molar-refractivity contribution < 1.29 is 23.8 Å². The van der Waals surface area contributed by atoms with Gasteiger partial charge in [0.25, 0.3) is 0 Å². The first-order valence-corrected chi connectivity index (χ1v) is 13.6. The summed E-state index contributed by atoms with van der Waals surface area (Å²) in [6.45, 7) is 5.29. The topological polar surface area (TPSA) is 115 Å². The summed E-state index contributed by atoms with van der Waals surface area (Å²) in [6.07, 6.45) is 5.61. The molecular weight excluding hydrogens is 515 g/mol. The van der Waals surface area contributed by atoms with Crippen LogP contribution in [0.4, 0.5) is 4.39 Å². The maximum absolute atomic E-state index is 13.9. The molecule has 2 fully saturated rings. The standard InChI is InChI=1S/C29H31FN6O4/c1-18(27-33-24-5-6-25(29(37)38)34-28(24)36(27)16-21-10-14-39-21)35-12-8-19(9-13-35)23-3-2-4-26(32-23)40-17-20-7-11-31-15-22(20)30/h2-7,11,15,18-19,21H,8-10,12-14,16-17H2,1H3,(H,37,38)/t18?,21-/m0/s1. The van der Waals surface area contributed by atoms with Crippen molar-refractivity contribution in [3.05, 3.63) is 77.4 Å². The van der Waals surface area contributed by atoms with Crippen LogP contribution in [0.5, 0.6) is 5.88 Å². The highest BCUT2D eigenvalue weighted by atomic mass is 19.1. The fourth-order valence-electron chi connectivity index (χ4n) is 5.43. The molecule has 2 aliphatic heterocycles. The Morgan fingerprint density at radius 1 is 1.15 bits per heavy atom. The summed E-state index contributed by atoms with van der Waals surface area (Å²) in [6, 6.07) is 10.6. The van der Waals surface area contributed by atoms with E-state index < -0.39 is 11.8 Å². The molecule has 0 amide bonds. The molecule has 2 aliphatic rings. The van der Waals surface area contributed by atoms with Crippen molar-refractivity contribution in [2.24, 2.45) is 0 Å². The SMILES string of the molecule is CC(c1nc2ccc(C(=O)O)nc2n1C[C@@H]1CCO1)N1CCC(c2cccc(OCc3ccncc3F)n2)CC1. The Morgan fingerprint density at radius 2 is 1.98 bits per heavy atom. The summed E-state index contributed by atoms with van der Waals surface area (Å²) in [5.74, 6) is 0.179. The lowest BCUT2D eigenvalue weighted by molar-refractivity contribution is -0.0595. The van der Waals surface area contributed by atoms with Gasteiger partial charge in [-0.2, -0.15) is 0 Å². The molecule has 6 rings (SSSR count). The van der Waals surface area contributed by atoms with Gasteiger partial charge in [0.2, 0.25) is 5.88 Å². The van der Waals surface area contributed by atoms with E-state index in [2.05, 4.69) is 21.8 Å². The second kappa shape index (κ2) is 11.3. The number of aromatic nitrogens is 5. The van der Waals surface area contributed by atoms with E-state index in [9.17, 15) is 14.3 Å². The van der Waals surface area contributed by atoms with Crippen molar-refractivity contribution in [2.75, 3.05) is 19.7 Å². The molecule has 0 radical (unpaired) electrons. The van der Waals surface area contributed by atoms with Crippen LogP contribution in [-0.2, 0) is 17.9 Å². The number of aromatic carboxylic acids is 1. The molecule has 0 bridgehead atoms. The molecule has 2 saturated heterocycles. The normalized spacial score (nSPS) is 18.9. The van der Waals surface area contributed by atoms with Crippen molar-refractivity contribution >= 4 is 17.1 Å². The zero-order valence-electron chi connectivity index (χ0n) is 22.2. The average molecular weight is 547 g/mol. The first-order valence-electron chi connectivity index (χ1n) is 13.6. The van der Waals surface area contributed by atoms with E-state index in [-0.39, 0.29) is 30.4 Å². The zero-order valence-corrected chi connectivity index (χ0v) is 22.2. The van der Waals surface area contributed by atoms with Crippen molar-refractivity contribution in [1.82, 2.24) is 29.4 Å². The van der Waals surface area contributed by atoms with Gasteiger partial charge in [0.1, 0.15) is 23.8 Å². The van der Waals surface area contributed by atoms with Gasteiger partial charge in [-0.1, -0.05) is 6.07 Å². The second-order valence-corrected chi connectivity index (χ2v) is 10.3. The maximum atomic E-state index is 13.9. The highest BCUT2D eigenvalue weighted by Crippen LogP contribution is 2.33. The molecule has 40 heavy (non-hydrogen) atoms. The van der Waals surface area contributed by atoms with E-state index in [0.29, 0.717) is 29.2 Å². The monoisotopic (exact) mass is 546 g/mol. The van der Waals surface area contributed by atoms with Crippen molar-refractivity contribution in [3.8, 4) is 5.88 Å². The molecule has 0 spiro atoms. The molecular formula is C29H31FN6O4. The van der Waals surface area contributed by atoms with Crippen LogP contribution in [0.25, 0.3) is 11.2 Å². The smallest absolute Gasteiger partial charge is 0.354 e. The molecule has 0 aromatic carbocycles. The Labute approximate surface area is 230 Å². The number of ether oxygens (including phenoxy) is 2. The quantitative estimate of drug-likeness (QED) is 0.327. The number of imidazole rings is 1. The molecule has 1 unspecified atom stereocenters. The highest BCUT2D eigenvalue weighted by Gasteiger charge is 2.30. The van der Waals surface area contributed by atoms with Gasteiger partial charge in [-0.3, -0.25) is 9.88 Å². The van der Waals surface area contributed by atoms with Crippen LogP contribution in [0, 0.1) is 5.82 Å². The number of carboxylic acids is 1. The number of fused-ring (bicyclic) bond motifs is 1. The van der Waals surface area contributed by atoms with Gasteiger partial charge in [0.05, 0.1) is 24.9 Å². The lowest BCUT2D eigenvalue weighted by Crippen LogP contribution is -2.37. The van der Waals surface area contributed by atoms with E-state index in [1.54, 1.807) is 24.4 Å². The third kappa shape index (κ3) is 5.39. The van der Waals surface area contributed by atoms with Gasteiger partial charge in [-0.25, -0.2) is 24.1 Å². The number of piperidine rings is 1. The fraction of sp³-hybridized carbons (Fsp3) is 0.414. The molecule has 6 heterocycles. The summed E-state index contributed by atoms with van der Waals surface area (Å²) < 4.78 is 27.4. The van der Waals surface area contributed by atoms with E-state index in [0.717, 1.165) is 50.5 Å². The highest BCUT2D eigenvalue weighted by molar-refractivity contribution is 5.88. The van der Waals surface area contributed by atoms with Crippen LogP contribution in [-0.4, -0.2) is 66.3 Å². The average Bonchev–Trinajstić information content (AvgIpc) is 3.32. The number of rotatable bonds is 9. The van der Waals surface area contributed by atoms with E-state index in [1.807, 2.05) is 16.7 Å². The Morgan fingerprint density at radius 3 is 2.70 bits per heavy atom. The van der Waals surface area contributed by atoms with Gasteiger partial charge in [0, 0.05) is 36.0 Å². The fourth-order valence-corrected chi connectivity index (χ4v) is 5.43. The largest absolute Gasteiger partial charge is 0.477 e. The Hall–Kier alpha value is -3.96. The van der Waals surface area contributed by atoms with Gasteiger partial charge in [0.15, 0.2) is 11.3 Å². The molecule has 4 aromatic rings. The summed E-state index contributed by atoms with van der Waals surface area (Å²) in [7, 11) is 0. The summed E-state index contributed by atoms with van der Waals surface area (Å²) in [4.78, 5) is 31.8. The second-order valence-electron chi connectivity index (χ2n) is 10.3. The number of nitrogens with zero attached hydrogens (tertiary/aromatic N) is 6.